The quantitative estimate of drug-likeness (QED) is 0.931. The van der Waals surface area contributed by atoms with Crippen LogP contribution >= 0.6 is 27.5 Å². The van der Waals surface area contributed by atoms with Gasteiger partial charge in [-0.25, -0.2) is 8.42 Å². The van der Waals surface area contributed by atoms with Crippen LogP contribution in [0.1, 0.15) is 13.8 Å². The molecule has 0 saturated heterocycles. The topological polar surface area (TPSA) is 46.2 Å². The van der Waals surface area contributed by atoms with Gasteiger partial charge in [0.2, 0.25) is 10.0 Å². The zero-order valence-electron chi connectivity index (χ0n) is 8.29. The highest BCUT2D eigenvalue weighted by Gasteiger charge is 2.16. The molecule has 0 aliphatic carbocycles. The summed E-state index contributed by atoms with van der Waals surface area (Å²) in [6, 6.07) is 4.89. The molecule has 1 aromatic rings. The van der Waals surface area contributed by atoms with Crippen molar-refractivity contribution < 1.29 is 8.42 Å². The first-order chi connectivity index (χ1) is 6.83. The average Bonchev–Trinajstić information content (AvgIpc) is 2.09. The van der Waals surface area contributed by atoms with Crippen molar-refractivity contribution in [1.82, 2.24) is 0 Å². The lowest BCUT2D eigenvalue weighted by atomic mass is 10.3. The first-order valence-electron chi connectivity index (χ1n) is 4.29. The monoisotopic (exact) mass is 311 g/mol. The lowest BCUT2D eigenvalue weighted by Crippen LogP contribution is -2.22. The van der Waals surface area contributed by atoms with E-state index in [0.717, 1.165) is 0 Å². The minimum absolute atomic E-state index is 0.472. The molecule has 0 aromatic heterocycles. The van der Waals surface area contributed by atoms with Crippen LogP contribution in [0, 0.1) is 0 Å². The summed E-state index contributed by atoms with van der Waals surface area (Å²) in [6.07, 6.45) is 0. The molecule has 1 rings (SSSR count). The van der Waals surface area contributed by atoms with Crippen LogP contribution in [0.3, 0.4) is 0 Å². The van der Waals surface area contributed by atoms with Gasteiger partial charge in [-0.15, -0.1) is 0 Å². The summed E-state index contributed by atoms with van der Waals surface area (Å²) in [5.74, 6) is 0. The SMILES string of the molecule is CC(C)S(=O)(=O)Nc1ccc(Cl)cc1Br. The van der Waals surface area contributed by atoms with E-state index in [0.29, 0.717) is 15.2 Å². The smallest absolute Gasteiger partial charge is 0.235 e. The van der Waals surface area contributed by atoms with Crippen LogP contribution in [0.15, 0.2) is 22.7 Å². The van der Waals surface area contributed by atoms with Gasteiger partial charge in [-0.3, -0.25) is 4.72 Å². The summed E-state index contributed by atoms with van der Waals surface area (Å²) in [7, 11) is -3.31. The van der Waals surface area contributed by atoms with Gasteiger partial charge in [-0.1, -0.05) is 11.6 Å². The molecular weight excluding hydrogens is 302 g/mol. The molecule has 0 bridgehead atoms. The van der Waals surface area contributed by atoms with Crippen LogP contribution in [0.4, 0.5) is 5.69 Å². The number of hydrogen-bond donors (Lipinski definition) is 1. The van der Waals surface area contributed by atoms with E-state index in [2.05, 4.69) is 20.7 Å². The highest BCUT2D eigenvalue weighted by Crippen LogP contribution is 2.27. The van der Waals surface area contributed by atoms with Crippen LogP contribution in [0.5, 0.6) is 0 Å². The summed E-state index contributed by atoms with van der Waals surface area (Å²) in [5, 5.41) is 0.0782. The Kier molecular flexibility index (Phi) is 4.03. The molecule has 0 amide bonds. The van der Waals surface area contributed by atoms with Crippen molar-refractivity contribution >= 4 is 43.2 Å². The van der Waals surface area contributed by atoms with E-state index in [1.54, 1.807) is 32.0 Å². The Morgan fingerprint density at radius 3 is 2.47 bits per heavy atom. The van der Waals surface area contributed by atoms with Crippen molar-refractivity contribution in [3.05, 3.63) is 27.7 Å². The standard InChI is InChI=1S/C9H11BrClNO2S/c1-6(2)15(13,14)12-9-4-3-7(11)5-8(9)10/h3-6,12H,1-2H3. The summed E-state index contributed by atoms with van der Waals surface area (Å²) in [4.78, 5) is 0. The van der Waals surface area contributed by atoms with E-state index in [-0.39, 0.29) is 0 Å². The van der Waals surface area contributed by atoms with Crippen molar-refractivity contribution in [2.45, 2.75) is 19.1 Å². The van der Waals surface area contributed by atoms with Crippen LogP contribution in [0.2, 0.25) is 5.02 Å². The minimum atomic E-state index is -3.31. The first-order valence-corrected chi connectivity index (χ1v) is 7.01. The number of hydrogen-bond acceptors (Lipinski definition) is 2. The average molecular weight is 313 g/mol. The third kappa shape index (κ3) is 3.36. The molecule has 84 valence electrons. The number of sulfonamides is 1. The molecule has 1 aromatic carbocycles. The molecule has 0 spiro atoms. The normalized spacial score (nSPS) is 11.8. The molecule has 0 atom stereocenters. The van der Waals surface area contributed by atoms with E-state index in [1.165, 1.54) is 0 Å². The van der Waals surface area contributed by atoms with E-state index >= 15 is 0 Å². The van der Waals surface area contributed by atoms with Gasteiger partial charge < -0.3 is 0 Å². The van der Waals surface area contributed by atoms with Crippen LogP contribution in [0.25, 0.3) is 0 Å². The molecule has 0 fully saturated rings. The Hall–Kier alpha value is -0.260. The molecular formula is C9H11BrClNO2S. The fraction of sp³-hybridized carbons (Fsp3) is 0.333. The number of anilines is 1. The molecule has 15 heavy (non-hydrogen) atoms. The van der Waals surface area contributed by atoms with Gasteiger partial charge in [0.15, 0.2) is 0 Å². The van der Waals surface area contributed by atoms with E-state index in [1.807, 2.05) is 0 Å². The summed E-state index contributed by atoms with van der Waals surface area (Å²) in [6.45, 7) is 3.23. The van der Waals surface area contributed by atoms with Gasteiger partial charge in [-0.2, -0.15) is 0 Å². The van der Waals surface area contributed by atoms with Gasteiger partial charge in [0.05, 0.1) is 10.9 Å². The van der Waals surface area contributed by atoms with Gasteiger partial charge >= 0.3 is 0 Å². The van der Waals surface area contributed by atoms with E-state index in [4.69, 9.17) is 11.6 Å². The molecule has 0 unspecified atom stereocenters. The number of halogens is 2. The second-order valence-corrected chi connectivity index (χ2v) is 6.85. The zero-order valence-corrected chi connectivity index (χ0v) is 11.4. The predicted octanol–water partition coefficient (Wildman–Crippen LogP) is 3.25. The lowest BCUT2D eigenvalue weighted by Gasteiger charge is -2.12. The Bertz CT molecular complexity index is 459. The highest BCUT2D eigenvalue weighted by molar-refractivity contribution is 9.10. The van der Waals surface area contributed by atoms with Crippen molar-refractivity contribution in [3.8, 4) is 0 Å². The summed E-state index contributed by atoms with van der Waals surface area (Å²) >= 11 is 8.98. The Morgan fingerprint density at radius 1 is 1.40 bits per heavy atom. The Balaban J connectivity index is 3.01. The molecule has 3 nitrogen and oxygen atoms in total. The first kappa shape index (κ1) is 12.8. The maximum atomic E-state index is 11.6. The van der Waals surface area contributed by atoms with Gasteiger partial charge in [0.25, 0.3) is 0 Å². The van der Waals surface area contributed by atoms with Crippen molar-refractivity contribution in [2.75, 3.05) is 4.72 Å². The molecule has 0 saturated carbocycles. The molecule has 1 N–H and O–H groups in total. The van der Waals surface area contributed by atoms with Gasteiger partial charge in [0.1, 0.15) is 0 Å². The molecule has 0 aliphatic rings. The van der Waals surface area contributed by atoms with Crippen LogP contribution < -0.4 is 4.72 Å². The lowest BCUT2D eigenvalue weighted by molar-refractivity contribution is 0.593. The fourth-order valence-electron chi connectivity index (χ4n) is 0.843. The van der Waals surface area contributed by atoms with Gasteiger partial charge in [0, 0.05) is 9.50 Å². The second-order valence-electron chi connectivity index (χ2n) is 3.32. The summed E-state index contributed by atoms with van der Waals surface area (Å²) in [5.41, 5.74) is 0.494. The molecule has 0 heterocycles. The largest absolute Gasteiger partial charge is 0.282 e. The van der Waals surface area contributed by atoms with Crippen molar-refractivity contribution in [2.24, 2.45) is 0 Å². The zero-order chi connectivity index (χ0) is 11.6. The van der Waals surface area contributed by atoms with E-state index < -0.39 is 15.3 Å². The second kappa shape index (κ2) is 4.72. The summed E-state index contributed by atoms with van der Waals surface area (Å²) < 4.78 is 26.2. The third-order valence-corrected chi connectivity index (χ3v) is 4.44. The Labute approximate surface area is 103 Å². The number of nitrogens with one attached hydrogen (secondary N) is 1. The third-order valence-electron chi connectivity index (χ3n) is 1.80. The maximum Gasteiger partial charge on any atom is 0.235 e. The molecule has 6 heteroatoms. The van der Waals surface area contributed by atoms with E-state index in [9.17, 15) is 8.42 Å². The van der Waals surface area contributed by atoms with Crippen molar-refractivity contribution in [1.29, 1.82) is 0 Å². The minimum Gasteiger partial charge on any atom is -0.282 e. The van der Waals surface area contributed by atoms with Crippen LogP contribution in [-0.4, -0.2) is 13.7 Å². The highest BCUT2D eigenvalue weighted by atomic mass is 79.9. The Morgan fingerprint density at radius 2 is 2.00 bits per heavy atom. The van der Waals surface area contributed by atoms with Crippen molar-refractivity contribution in [3.63, 3.8) is 0 Å². The predicted molar refractivity (Wildman–Crippen MR) is 66.8 cm³/mol. The molecule has 0 radical (unpaired) electrons. The maximum absolute atomic E-state index is 11.6. The number of rotatable bonds is 3. The molecule has 0 aliphatic heterocycles. The number of benzene rings is 1. The van der Waals surface area contributed by atoms with Gasteiger partial charge in [-0.05, 0) is 48.0 Å². The van der Waals surface area contributed by atoms with Crippen LogP contribution in [-0.2, 0) is 10.0 Å². The fourth-order valence-corrected chi connectivity index (χ4v) is 2.48.